The van der Waals surface area contributed by atoms with Crippen molar-refractivity contribution in [3.63, 3.8) is 0 Å². The number of benzene rings is 2. The highest BCUT2D eigenvalue weighted by Gasteiger charge is 2.19. The maximum Gasteiger partial charge on any atom is 0.295 e. The molecule has 9 nitrogen and oxygen atoms in total. The molecule has 3 aromatic rings. The van der Waals surface area contributed by atoms with E-state index in [0.717, 1.165) is 5.56 Å². The summed E-state index contributed by atoms with van der Waals surface area (Å²) in [5.41, 5.74) is 1.35. The standard InChI is InChI=1S/C17H12N6O3/c18-8-12-2-1-3-13(6-12)9-20-17(24)14-4-5-15(16(7-14)23(25)26)22-11-19-10-21-22/h1-7,10-11H,9H2,(H,20,24). The average Bonchev–Trinajstić information content (AvgIpc) is 3.20. The summed E-state index contributed by atoms with van der Waals surface area (Å²) in [4.78, 5) is 26.8. The van der Waals surface area contributed by atoms with Gasteiger partial charge in [-0.15, -0.1) is 0 Å². The van der Waals surface area contributed by atoms with Crippen molar-refractivity contribution < 1.29 is 9.72 Å². The molecule has 3 rings (SSSR count). The molecule has 0 aliphatic heterocycles. The van der Waals surface area contributed by atoms with E-state index in [1.54, 1.807) is 24.3 Å². The van der Waals surface area contributed by atoms with Gasteiger partial charge in [0.15, 0.2) is 0 Å². The summed E-state index contributed by atoms with van der Waals surface area (Å²) in [7, 11) is 0. The SMILES string of the molecule is N#Cc1cccc(CNC(=O)c2ccc(-n3cncn3)c([N+](=O)[O-])c2)c1. The molecule has 0 fully saturated rings. The first-order valence-corrected chi connectivity index (χ1v) is 7.49. The second kappa shape index (κ2) is 7.23. The van der Waals surface area contributed by atoms with Crippen LogP contribution in [0.1, 0.15) is 21.5 Å². The molecule has 1 heterocycles. The number of hydrogen-bond donors (Lipinski definition) is 1. The van der Waals surface area contributed by atoms with Crippen molar-refractivity contribution in [2.24, 2.45) is 0 Å². The fourth-order valence-electron chi connectivity index (χ4n) is 2.37. The molecule has 0 radical (unpaired) electrons. The van der Waals surface area contributed by atoms with E-state index in [4.69, 9.17) is 5.26 Å². The van der Waals surface area contributed by atoms with Gasteiger partial charge in [0, 0.05) is 18.2 Å². The highest BCUT2D eigenvalue weighted by molar-refractivity contribution is 5.95. The van der Waals surface area contributed by atoms with E-state index in [1.807, 2.05) is 6.07 Å². The molecular formula is C17H12N6O3. The van der Waals surface area contributed by atoms with Crippen LogP contribution in [0.15, 0.2) is 55.1 Å². The molecule has 0 saturated heterocycles. The Morgan fingerprint density at radius 2 is 2.15 bits per heavy atom. The van der Waals surface area contributed by atoms with E-state index in [-0.39, 0.29) is 23.5 Å². The van der Waals surface area contributed by atoms with Crippen LogP contribution in [0.25, 0.3) is 5.69 Å². The van der Waals surface area contributed by atoms with E-state index in [2.05, 4.69) is 15.4 Å². The highest BCUT2D eigenvalue weighted by atomic mass is 16.6. The fourth-order valence-corrected chi connectivity index (χ4v) is 2.37. The lowest BCUT2D eigenvalue weighted by atomic mass is 10.1. The quantitative estimate of drug-likeness (QED) is 0.555. The number of nitro groups is 1. The van der Waals surface area contributed by atoms with Gasteiger partial charge in [0.05, 0.1) is 16.6 Å². The van der Waals surface area contributed by atoms with Crippen LogP contribution in [0.4, 0.5) is 5.69 Å². The Morgan fingerprint density at radius 3 is 2.85 bits per heavy atom. The number of nitrogens with zero attached hydrogens (tertiary/aromatic N) is 5. The van der Waals surface area contributed by atoms with Gasteiger partial charge < -0.3 is 5.32 Å². The molecule has 9 heteroatoms. The molecule has 1 N–H and O–H groups in total. The number of nitriles is 1. The number of nitrogens with one attached hydrogen (secondary N) is 1. The van der Waals surface area contributed by atoms with Crippen LogP contribution in [0, 0.1) is 21.4 Å². The van der Waals surface area contributed by atoms with Crippen molar-refractivity contribution in [2.45, 2.75) is 6.54 Å². The maximum atomic E-state index is 12.3. The van der Waals surface area contributed by atoms with E-state index < -0.39 is 10.8 Å². The number of aromatic nitrogens is 3. The van der Waals surface area contributed by atoms with Crippen molar-refractivity contribution in [3.8, 4) is 11.8 Å². The first-order chi connectivity index (χ1) is 12.6. The third-order valence-corrected chi connectivity index (χ3v) is 3.61. The zero-order valence-electron chi connectivity index (χ0n) is 13.4. The Balaban J connectivity index is 1.80. The van der Waals surface area contributed by atoms with Crippen LogP contribution < -0.4 is 5.32 Å². The van der Waals surface area contributed by atoms with Gasteiger partial charge >= 0.3 is 0 Å². The molecule has 0 aliphatic carbocycles. The Labute approximate surface area is 147 Å². The molecule has 0 saturated carbocycles. The monoisotopic (exact) mass is 348 g/mol. The summed E-state index contributed by atoms with van der Waals surface area (Å²) in [6.07, 6.45) is 2.60. The molecule has 26 heavy (non-hydrogen) atoms. The molecule has 0 atom stereocenters. The lowest BCUT2D eigenvalue weighted by Gasteiger charge is -2.07. The summed E-state index contributed by atoms with van der Waals surface area (Å²) in [6.45, 7) is 0.201. The third kappa shape index (κ3) is 3.54. The predicted molar refractivity (Wildman–Crippen MR) is 90.3 cm³/mol. The minimum absolute atomic E-state index is 0.150. The van der Waals surface area contributed by atoms with Crippen molar-refractivity contribution in [3.05, 3.63) is 81.9 Å². The number of nitro benzene ring substituents is 1. The van der Waals surface area contributed by atoms with Crippen LogP contribution >= 0.6 is 0 Å². The number of amides is 1. The molecule has 2 aromatic carbocycles. The molecule has 0 aliphatic rings. The lowest BCUT2D eigenvalue weighted by Crippen LogP contribution is -2.23. The van der Waals surface area contributed by atoms with E-state index in [9.17, 15) is 14.9 Å². The normalized spacial score (nSPS) is 10.1. The fraction of sp³-hybridized carbons (Fsp3) is 0.0588. The van der Waals surface area contributed by atoms with Gasteiger partial charge in [0.25, 0.3) is 11.6 Å². The van der Waals surface area contributed by atoms with Gasteiger partial charge in [0.1, 0.15) is 18.3 Å². The van der Waals surface area contributed by atoms with Gasteiger partial charge in [-0.3, -0.25) is 14.9 Å². The number of hydrogen-bond acceptors (Lipinski definition) is 6. The van der Waals surface area contributed by atoms with E-state index in [1.165, 1.54) is 35.5 Å². The minimum Gasteiger partial charge on any atom is -0.348 e. The summed E-state index contributed by atoms with van der Waals surface area (Å²) >= 11 is 0. The Hall–Kier alpha value is -4.06. The summed E-state index contributed by atoms with van der Waals surface area (Å²) in [5, 5.41) is 26.8. The molecule has 0 spiro atoms. The first kappa shape index (κ1) is 16.8. The second-order valence-electron chi connectivity index (χ2n) is 5.30. The van der Waals surface area contributed by atoms with Crippen LogP contribution in [0.2, 0.25) is 0 Å². The van der Waals surface area contributed by atoms with Gasteiger partial charge in [-0.2, -0.15) is 10.4 Å². The smallest absolute Gasteiger partial charge is 0.295 e. The maximum absolute atomic E-state index is 12.3. The molecule has 1 aromatic heterocycles. The van der Waals surface area contributed by atoms with Crippen molar-refractivity contribution >= 4 is 11.6 Å². The molecule has 0 bridgehead atoms. The number of carbonyl (C=O) groups excluding carboxylic acids is 1. The average molecular weight is 348 g/mol. The van der Waals surface area contributed by atoms with Gasteiger partial charge in [-0.05, 0) is 29.8 Å². The number of rotatable bonds is 5. The topological polar surface area (TPSA) is 127 Å². The Morgan fingerprint density at radius 1 is 1.31 bits per heavy atom. The van der Waals surface area contributed by atoms with E-state index >= 15 is 0 Å². The van der Waals surface area contributed by atoms with E-state index in [0.29, 0.717) is 5.56 Å². The first-order valence-electron chi connectivity index (χ1n) is 7.49. The molecule has 1 amide bonds. The summed E-state index contributed by atoms with van der Waals surface area (Å²) < 4.78 is 1.26. The van der Waals surface area contributed by atoms with Gasteiger partial charge in [-0.1, -0.05) is 12.1 Å². The van der Waals surface area contributed by atoms with Gasteiger partial charge in [-0.25, -0.2) is 9.67 Å². The lowest BCUT2D eigenvalue weighted by molar-refractivity contribution is -0.384. The highest BCUT2D eigenvalue weighted by Crippen LogP contribution is 2.23. The van der Waals surface area contributed by atoms with Crippen molar-refractivity contribution in [1.82, 2.24) is 20.1 Å². The number of carbonyl (C=O) groups is 1. The third-order valence-electron chi connectivity index (χ3n) is 3.61. The van der Waals surface area contributed by atoms with Crippen LogP contribution in [-0.2, 0) is 6.54 Å². The molecular weight excluding hydrogens is 336 g/mol. The predicted octanol–water partition coefficient (Wildman–Crippen LogP) is 1.98. The zero-order chi connectivity index (χ0) is 18.5. The van der Waals surface area contributed by atoms with Crippen LogP contribution in [0.3, 0.4) is 0 Å². The Bertz CT molecular complexity index is 1010. The minimum atomic E-state index is -0.579. The molecule has 128 valence electrons. The van der Waals surface area contributed by atoms with Crippen molar-refractivity contribution in [1.29, 1.82) is 5.26 Å². The molecule has 0 unspecified atom stereocenters. The zero-order valence-corrected chi connectivity index (χ0v) is 13.4. The summed E-state index contributed by atoms with van der Waals surface area (Å²) in [6, 6.07) is 13.0. The van der Waals surface area contributed by atoms with Crippen molar-refractivity contribution in [2.75, 3.05) is 0 Å². The second-order valence-corrected chi connectivity index (χ2v) is 5.30. The largest absolute Gasteiger partial charge is 0.348 e. The van der Waals surface area contributed by atoms with Crippen LogP contribution in [-0.4, -0.2) is 25.6 Å². The van der Waals surface area contributed by atoms with Crippen LogP contribution in [0.5, 0.6) is 0 Å². The van der Waals surface area contributed by atoms with Gasteiger partial charge in [0.2, 0.25) is 0 Å². The summed E-state index contributed by atoms with van der Waals surface area (Å²) in [5.74, 6) is -0.458. The Kier molecular flexibility index (Phi) is 4.67.